The molecular formula is C24H36O5Si. The fraction of sp³-hybridized carbons (Fsp3) is 0.750. The molecule has 166 valence electrons. The van der Waals surface area contributed by atoms with E-state index < -0.39 is 20.0 Å². The topological polar surface area (TPSA) is 57.2 Å². The molecule has 5 nitrogen and oxygen atoms in total. The van der Waals surface area contributed by atoms with Gasteiger partial charge in [-0.3, -0.25) is 0 Å². The molecule has 6 rings (SSSR count). The molecule has 1 aromatic rings. The zero-order valence-corrected chi connectivity index (χ0v) is 20.5. The van der Waals surface area contributed by atoms with E-state index in [1.54, 1.807) is 7.11 Å². The first kappa shape index (κ1) is 21.0. The Morgan fingerprint density at radius 1 is 1.17 bits per heavy atom. The lowest BCUT2D eigenvalue weighted by Crippen LogP contribution is -2.69. The predicted octanol–water partition coefficient (Wildman–Crippen LogP) is 4.53. The molecule has 3 aliphatic heterocycles. The predicted molar refractivity (Wildman–Crippen MR) is 117 cm³/mol. The summed E-state index contributed by atoms with van der Waals surface area (Å²) in [5.74, 6) is 1.41. The highest BCUT2D eigenvalue weighted by atomic mass is 28.4. The third-order valence-corrected chi connectivity index (χ3v) is 13.5. The van der Waals surface area contributed by atoms with E-state index in [-0.39, 0.29) is 47.7 Å². The van der Waals surface area contributed by atoms with Crippen LogP contribution in [0.2, 0.25) is 18.1 Å². The van der Waals surface area contributed by atoms with Crippen molar-refractivity contribution >= 4 is 8.32 Å². The first-order valence-electron chi connectivity index (χ1n) is 11.3. The summed E-state index contributed by atoms with van der Waals surface area (Å²) >= 11 is 0. The zero-order valence-electron chi connectivity index (χ0n) is 19.5. The van der Waals surface area contributed by atoms with E-state index in [4.69, 9.17) is 18.6 Å². The number of hydrogen-bond donors (Lipinski definition) is 1. The Kier molecular flexibility index (Phi) is 4.41. The van der Waals surface area contributed by atoms with E-state index in [1.165, 1.54) is 16.7 Å². The third-order valence-electron chi connectivity index (χ3n) is 9.11. The lowest BCUT2D eigenvalue weighted by molar-refractivity contribution is -0.319. The summed E-state index contributed by atoms with van der Waals surface area (Å²) in [5, 5.41) is 11.0. The zero-order chi connectivity index (χ0) is 21.8. The van der Waals surface area contributed by atoms with Gasteiger partial charge in [0.2, 0.25) is 0 Å². The molecule has 3 saturated heterocycles. The molecule has 3 heterocycles. The Morgan fingerprint density at radius 3 is 2.47 bits per heavy atom. The van der Waals surface area contributed by atoms with Crippen LogP contribution in [0.1, 0.15) is 56.4 Å². The lowest BCUT2D eigenvalue weighted by Gasteiger charge is -2.62. The van der Waals surface area contributed by atoms with Crippen LogP contribution in [-0.2, 0) is 13.9 Å². The van der Waals surface area contributed by atoms with Crippen LogP contribution in [0.3, 0.4) is 0 Å². The number of aryl methyl sites for hydroxylation is 1. The third kappa shape index (κ3) is 2.37. The number of aliphatic hydroxyl groups excluding tert-OH is 1. The van der Waals surface area contributed by atoms with Gasteiger partial charge in [-0.1, -0.05) is 27.7 Å². The van der Waals surface area contributed by atoms with E-state index in [2.05, 4.69) is 59.8 Å². The SMILES string of the molecule is COc1cc(C)c2c(c1)C1C3[C@@H]4O[C@@H](O[Si](C)(C)C(C)(C)C)[C@@]1(CO)C(C)C4O[C@H]23. The highest BCUT2D eigenvalue weighted by molar-refractivity contribution is 6.74. The minimum Gasteiger partial charge on any atom is -0.497 e. The Labute approximate surface area is 181 Å². The van der Waals surface area contributed by atoms with Crippen LogP contribution in [-0.4, -0.2) is 45.6 Å². The average Bonchev–Trinajstić information content (AvgIpc) is 3.15. The van der Waals surface area contributed by atoms with Gasteiger partial charge in [-0.25, -0.2) is 0 Å². The summed E-state index contributed by atoms with van der Waals surface area (Å²) in [7, 11) is -0.381. The molecule has 0 radical (unpaired) electrons. The number of benzene rings is 1. The van der Waals surface area contributed by atoms with Gasteiger partial charge in [-0.05, 0) is 59.8 Å². The van der Waals surface area contributed by atoms with Gasteiger partial charge in [0, 0.05) is 11.8 Å². The number of aliphatic hydroxyl groups is 1. The molecule has 4 fully saturated rings. The average molecular weight is 433 g/mol. The Morgan fingerprint density at radius 2 is 1.87 bits per heavy atom. The van der Waals surface area contributed by atoms with E-state index in [0.717, 1.165) is 5.75 Å². The molecule has 8 atom stereocenters. The number of methoxy groups -OCH3 is 1. The second-order valence-corrected chi connectivity index (χ2v) is 16.1. The Balaban J connectivity index is 1.66. The Bertz CT molecular complexity index is 877. The Hall–Kier alpha value is -0.923. The standard InChI is InChI=1S/C24H36O5Si/c1-12-9-14(26-6)10-15-16(12)20-17-18(15)24(11-25)13(2)19(27-20)21(17)28-22(24)29-30(7,8)23(3,4)5/h9-10,13,17-22,25H,11H2,1-8H3/t13?,17?,18?,19?,20-,21+,22+,24+/m1/s1. The fourth-order valence-corrected chi connectivity index (χ4v) is 7.62. The molecule has 0 amide bonds. The molecule has 6 heteroatoms. The summed E-state index contributed by atoms with van der Waals surface area (Å²) in [6.45, 7) is 15.7. The number of hydrogen-bond acceptors (Lipinski definition) is 5. The monoisotopic (exact) mass is 432 g/mol. The van der Waals surface area contributed by atoms with Crippen LogP contribution >= 0.6 is 0 Å². The van der Waals surface area contributed by atoms with Crippen molar-refractivity contribution in [2.75, 3.05) is 13.7 Å². The maximum atomic E-state index is 11.0. The van der Waals surface area contributed by atoms with Crippen molar-refractivity contribution in [3.8, 4) is 5.75 Å². The van der Waals surface area contributed by atoms with Gasteiger partial charge in [0.15, 0.2) is 14.6 Å². The quantitative estimate of drug-likeness (QED) is 0.709. The highest BCUT2D eigenvalue weighted by Crippen LogP contribution is 2.73. The van der Waals surface area contributed by atoms with Gasteiger partial charge in [-0.2, -0.15) is 0 Å². The van der Waals surface area contributed by atoms with Crippen molar-refractivity contribution in [2.45, 2.75) is 83.3 Å². The first-order chi connectivity index (χ1) is 14.0. The number of fused-ring (bicyclic) bond motifs is 3. The maximum Gasteiger partial charge on any atom is 0.195 e. The van der Waals surface area contributed by atoms with Crippen LogP contribution in [0, 0.1) is 24.2 Å². The first-order valence-corrected chi connectivity index (χ1v) is 14.2. The van der Waals surface area contributed by atoms with Gasteiger partial charge < -0.3 is 23.7 Å². The summed E-state index contributed by atoms with van der Waals surface area (Å²) in [6.07, 6.45) is -0.357. The molecule has 1 aromatic carbocycles. The second-order valence-electron chi connectivity index (χ2n) is 11.4. The van der Waals surface area contributed by atoms with Gasteiger partial charge in [0.1, 0.15) is 5.75 Å². The maximum absolute atomic E-state index is 11.0. The van der Waals surface area contributed by atoms with Gasteiger partial charge >= 0.3 is 0 Å². The van der Waals surface area contributed by atoms with Crippen molar-refractivity contribution < 1.29 is 23.7 Å². The molecule has 0 spiro atoms. The van der Waals surface area contributed by atoms with E-state index >= 15 is 0 Å². The van der Waals surface area contributed by atoms with Crippen molar-refractivity contribution in [2.24, 2.45) is 17.3 Å². The van der Waals surface area contributed by atoms with Gasteiger partial charge in [0.25, 0.3) is 0 Å². The van der Waals surface area contributed by atoms with Crippen LogP contribution in [0.15, 0.2) is 12.1 Å². The largest absolute Gasteiger partial charge is 0.497 e. The normalized spacial score (nSPS) is 41.3. The summed E-state index contributed by atoms with van der Waals surface area (Å²) in [4.78, 5) is 0. The van der Waals surface area contributed by atoms with E-state index in [9.17, 15) is 5.11 Å². The van der Waals surface area contributed by atoms with Crippen LogP contribution < -0.4 is 4.74 Å². The molecule has 1 saturated carbocycles. The molecule has 5 aliphatic rings. The van der Waals surface area contributed by atoms with E-state index in [1.807, 2.05) is 0 Å². The molecule has 1 N–H and O–H groups in total. The van der Waals surface area contributed by atoms with Crippen molar-refractivity contribution in [3.05, 3.63) is 28.8 Å². The molecule has 4 bridgehead atoms. The summed E-state index contributed by atoms with van der Waals surface area (Å²) in [6, 6.07) is 4.26. The molecule has 0 aromatic heterocycles. The van der Waals surface area contributed by atoms with E-state index in [0.29, 0.717) is 0 Å². The van der Waals surface area contributed by atoms with Crippen molar-refractivity contribution in [1.82, 2.24) is 0 Å². The highest BCUT2D eigenvalue weighted by Gasteiger charge is 2.75. The smallest absolute Gasteiger partial charge is 0.195 e. The van der Waals surface area contributed by atoms with Crippen LogP contribution in [0.5, 0.6) is 5.75 Å². The molecule has 2 aliphatic carbocycles. The number of ether oxygens (including phenoxy) is 3. The minimum absolute atomic E-state index is 0.0102. The van der Waals surface area contributed by atoms with Crippen molar-refractivity contribution in [3.63, 3.8) is 0 Å². The lowest BCUT2D eigenvalue weighted by atomic mass is 9.53. The van der Waals surface area contributed by atoms with Gasteiger partial charge in [0.05, 0.1) is 37.4 Å². The molecule has 30 heavy (non-hydrogen) atoms. The minimum atomic E-state index is -2.10. The summed E-state index contributed by atoms with van der Waals surface area (Å²) < 4.78 is 25.8. The van der Waals surface area contributed by atoms with Crippen molar-refractivity contribution in [1.29, 1.82) is 0 Å². The molecule has 4 unspecified atom stereocenters. The van der Waals surface area contributed by atoms with Crippen LogP contribution in [0.4, 0.5) is 0 Å². The summed E-state index contributed by atoms with van der Waals surface area (Å²) in [5.41, 5.74) is 3.22. The second kappa shape index (κ2) is 6.32. The van der Waals surface area contributed by atoms with Crippen LogP contribution in [0.25, 0.3) is 0 Å². The fourth-order valence-electron chi connectivity index (χ4n) is 6.45. The molecular weight excluding hydrogens is 396 g/mol. The number of rotatable bonds is 4. The van der Waals surface area contributed by atoms with Gasteiger partial charge in [-0.15, -0.1) is 0 Å².